The summed E-state index contributed by atoms with van der Waals surface area (Å²) in [5.41, 5.74) is 0. The lowest BCUT2D eigenvalue weighted by atomic mass is 9.94. The Morgan fingerprint density at radius 2 is 0.821 bits per heavy atom. The van der Waals surface area contributed by atoms with E-state index in [0.717, 1.165) is 77.3 Å². The summed E-state index contributed by atoms with van der Waals surface area (Å²) in [5.74, 6) is -0.675. The lowest BCUT2D eigenvalue weighted by Crippen LogP contribution is -2.36. The number of amides is 1. The highest BCUT2D eigenvalue weighted by atomic mass is 16.6. The molecular weight excluding hydrogens is 845 g/mol. The first-order chi connectivity index (χ1) is 32.6. The maximum absolute atomic E-state index is 13.2. The van der Waals surface area contributed by atoms with Crippen LogP contribution in [0.4, 0.5) is 4.79 Å². The third-order valence-corrected chi connectivity index (χ3v) is 13.0. The van der Waals surface area contributed by atoms with Crippen molar-refractivity contribution in [2.45, 2.75) is 247 Å². The maximum Gasteiger partial charge on any atom is 0.407 e. The molecule has 11 heteroatoms. The molecule has 0 saturated carbocycles. The van der Waals surface area contributed by atoms with E-state index in [4.69, 9.17) is 23.7 Å². The second-order valence-electron chi connectivity index (χ2n) is 19.1. The molecule has 0 rings (SSSR count). The van der Waals surface area contributed by atoms with E-state index in [0.29, 0.717) is 44.7 Å². The second kappa shape index (κ2) is 48.2. The van der Waals surface area contributed by atoms with Crippen LogP contribution in [-0.2, 0) is 38.1 Å². The molecule has 0 saturated heterocycles. The Hall–Kier alpha value is -2.82. The number of likely N-dealkylation sites (N-methyl/N-ethyl adjacent to an activating group) is 1. The molecule has 1 N–H and O–H groups in total. The first-order valence-corrected chi connectivity index (χ1v) is 28.1. The summed E-state index contributed by atoms with van der Waals surface area (Å²) in [6, 6.07) is 0. The van der Waals surface area contributed by atoms with Gasteiger partial charge in [0.1, 0.15) is 13.2 Å². The third-order valence-electron chi connectivity index (χ3n) is 13.0. The van der Waals surface area contributed by atoms with Crippen LogP contribution in [0.1, 0.15) is 247 Å². The molecule has 1 atom stereocenters. The van der Waals surface area contributed by atoms with Gasteiger partial charge in [-0.3, -0.25) is 14.4 Å². The Morgan fingerprint density at radius 3 is 1.24 bits per heavy atom. The summed E-state index contributed by atoms with van der Waals surface area (Å²) in [4.78, 5) is 54.0. The minimum atomic E-state index is -0.538. The minimum absolute atomic E-state index is 0.00652. The fraction of sp³-hybridized carbons (Fsp3) is 0.893. The molecule has 0 aromatic rings. The summed E-state index contributed by atoms with van der Waals surface area (Å²) < 4.78 is 28.7. The van der Waals surface area contributed by atoms with Crippen LogP contribution in [0.2, 0.25) is 0 Å². The molecule has 0 aliphatic carbocycles. The van der Waals surface area contributed by atoms with E-state index in [-0.39, 0.29) is 56.6 Å². The van der Waals surface area contributed by atoms with Gasteiger partial charge in [-0.2, -0.15) is 0 Å². The average molecular weight is 951 g/mol. The van der Waals surface area contributed by atoms with Crippen molar-refractivity contribution in [2.24, 2.45) is 17.8 Å². The maximum atomic E-state index is 13.2. The summed E-state index contributed by atoms with van der Waals surface area (Å²) in [7, 11) is 0. The highest BCUT2D eigenvalue weighted by molar-refractivity contribution is 5.73. The zero-order valence-corrected chi connectivity index (χ0v) is 44.6. The standard InChI is InChI=1S/C56H106N2O9/c1-8-14-18-22-26-30-37-51(38-31-27-23-19-15-9-2)54(60)63-44-34-36-49(7)65-46-50(48-67-56(62)57-42-43-58(12-5)13-6)47-66-53(59)41-35-45-64-55(61)52(39-32-28-24-20-16-10-3)40-33-29-25-21-17-11-4/h50-52H,7-48H2,1-6H3,(H,57,62). The first kappa shape index (κ1) is 64.2. The second-order valence-corrected chi connectivity index (χ2v) is 19.1. The highest BCUT2D eigenvalue weighted by Gasteiger charge is 2.22. The van der Waals surface area contributed by atoms with Crippen LogP contribution in [0.25, 0.3) is 0 Å². The van der Waals surface area contributed by atoms with Gasteiger partial charge in [0.05, 0.1) is 43.3 Å². The number of alkyl carbamates (subject to hydrolysis) is 1. The van der Waals surface area contributed by atoms with Gasteiger partial charge in [-0.15, -0.1) is 0 Å². The van der Waals surface area contributed by atoms with Gasteiger partial charge in [-0.1, -0.05) is 202 Å². The van der Waals surface area contributed by atoms with Crippen molar-refractivity contribution >= 4 is 24.0 Å². The van der Waals surface area contributed by atoms with Crippen molar-refractivity contribution in [1.29, 1.82) is 0 Å². The van der Waals surface area contributed by atoms with Crippen LogP contribution < -0.4 is 5.32 Å². The van der Waals surface area contributed by atoms with E-state index < -0.39 is 18.0 Å². The van der Waals surface area contributed by atoms with Crippen LogP contribution in [0.15, 0.2) is 12.3 Å². The number of hydrogen-bond acceptors (Lipinski definition) is 10. The van der Waals surface area contributed by atoms with Crippen molar-refractivity contribution in [2.75, 3.05) is 59.2 Å². The molecule has 0 bridgehead atoms. The molecule has 1 unspecified atom stereocenters. The molecule has 0 spiro atoms. The van der Waals surface area contributed by atoms with E-state index in [9.17, 15) is 19.2 Å². The number of nitrogens with one attached hydrogen (secondary N) is 1. The monoisotopic (exact) mass is 951 g/mol. The summed E-state index contributed by atoms with van der Waals surface area (Å²) >= 11 is 0. The van der Waals surface area contributed by atoms with Gasteiger partial charge in [-0.25, -0.2) is 4.79 Å². The Kier molecular flexibility index (Phi) is 46.2. The molecule has 0 heterocycles. The molecular formula is C56H106N2O9. The zero-order chi connectivity index (χ0) is 49.4. The minimum Gasteiger partial charge on any atom is -0.498 e. The van der Waals surface area contributed by atoms with Crippen molar-refractivity contribution in [1.82, 2.24) is 10.2 Å². The van der Waals surface area contributed by atoms with Crippen LogP contribution in [0, 0.1) is 17.8 Å². The van der Waals surface area contributed by atoms with Gasteiger partial charge in [-0.05, 0) is 51.6 Å². The van der Waals surface area contributed by atoms with Gasteiger partial charge >= 0.3 is 24.0 Å². The van der Waals surface area contributed by atoms with Crippen molar-refractivity contribution < 1.29 is 42.9 Å². The Labute approximate surface area is 412 Å². The largest absolute Gasteiger partial charge is 0.498 e. The van der Waals surface area contributed by atoms with E-state index in [1.165, 1.54) is 116 Å². The fourth-order valence-electron chi connectivity index (χ4n) is 8.35. The number of allylic oxidation sites excluding steroid dienone is 1. The Morgan fingerprint density at radius 1 is 0.448 bits per heavy atom. The van der Waals surface area contributed by atoms with Gasteiger partial charge < -0.3 is 33.9 Å². The molecule has 0 aromatic carbocycles. The molecule has 0 aromatic heterocycles. The number of esters is 3. The first-order valence-electron chi connectivity index (χ1n) is 28.1. The van der Waals surface area contributed by atoms with Crippen molar-refractivity contribution in [3.8, 4) is 0 Å². The molecule has 0 radical (unpaired) electrons. The number of carbonyl (C=O) groups excluding carboxylic acids is 4. The van der Waals surface area contributed by atoms with Gasteiger partial charge in [0.2, 0.25) is 0 Å². The predicted octanol–water partition coefficient (Wildman–Crippen LogP) is 14.6. The van der Waals surface area contributed by atoms with Crippen LogP contribution in [0.5, 0.6) is 0 Å². The molecule has 0 aliphatic rings. The molecule has 0 fully saturated rings. The molecule has 67 heavy (non-hydrogen) atoms. The van der Waals surface area contributed by atoms with Gasteiger partial charge in [0, 0.05) is 25.9 Å². The van der Waals surface area contributed by atoms with Crippen LogP contribution in [-0.4, -0.2) is 88.1 Å². The number of hydrogen-bond donors (Lipinski definition) is 1. The quantitative estimate of drug-likeness (QED) is 0.0272. The number of nitrogens with zero attached hydrogens (tertiary/aromatic N) is 1. The van der Waals surface area contributed by atoms with Crippen LogP contribution >= 0.6 is 0 Å². The van der Waals surface area contributed by atoms with E-state index in [1.54, 1.807) is 0 Å². The molecule has 394 valence electrons. The zero-order valence-electron chi connectivity index (χ0n) is 44.6. The SMILES string of the molecule is C=C(CCCOC(=O)C(CCCCCCCC)CCCCCCCC)OCC(COC(=O)CCCOC(=O)C(CCCCCCCC)CCCCCCCC)COC(=O)NCCN(CC)CC. The Bertz CT molecular complexity index is 1080. The average Bonchev–Trinajstić information content (AvgIpc) is 3.33. The van der Waals surface area contributed by atoms with Crippen LogP contribution in [0.3, 0.4) is 0 Å². The van der Waals surface area contributed by atoms with Gasteiger partial charge in [0.25, 0.3) is 0 Å². The summed E-state index contributed by atoms with van der Waals surface area (Å²) in [6.07, 6.45) is 33.3. The summed E-state index contributed by atoms with van der Waals surface area (Å²) in [6.45, 7) is 20.7. The lowest BCUT2D eigenvalue weighted by Gasteiger charge is -2.20. The third kappa shape index (κ3) is 40.7. The van der Waals surface area contributed by atoms with E-state index >= 15 is 0 Å². The van der Waals surface area contributed by atoms with E-state index in [1.807, 2.05) is 0 Å². The number of ether oxygens (including phenoxy) is 5. The number of carbonyl (C=O) groups is 4. The highest BCUT2D eigenvalue weighted by Crippen LogP contribution is 2.23. The van der Waals surface area contributed by atoms with Crippen molar-refractivity contribution in [3.05, 3.63) is 12.3 Å². The summed E-state index contributed by atoms with van der Waals surface area (Å²) in [5, 5.41) is 2.80. The smallest absolute Gasteiger partial charge is 0.407 e. The predicted molar refractivity (Wildman–Crippen MR) is 276 cm³/mol. The molecule has 1 amide bonds. The normalized spacial score (nSPS) is 11.8. The Balaban J connectivity index is 5.10. The number of rotatable bonds is 50. The fourth-order valence-corrected chi connectivity index (χ4v) is 8.35. The van der Waals surface area contributed by atoms with Crippen molar-refractivity contribution in [3.63, 3.8) is 0 Å². The lowest BCUT2D eigenvalue weighted by molar-refractivity contribution is -0.152. The van der Waals surface area contributed by atoms with E-state index in [2.05, 4.69) is 58.3 Å². The van der Waals surface area contributed by atoms with Gasteiger partial charge in [0.15, 0.2) is 0 Å². The number of unbranched alkanes of at least 4 members (excludes halogenated alkanes) is 20. The molecule has 11 nitrogen and oxygen atoms in total. The molecule has 0 aliphatic heterocycles. The topological polar surface area (TPSA) is 130 Å².